The van der Waals surface area contributed by atoms with Gasteiger partial charge in [-0.1, -0.05) is 23.2 Å². The number of carboxylic acids is 1. The molecule has 240 valence electrons. The lowest BCUT2D eigenvalue weighted by molar-refractivity contribution is -0.204. The fourth-order valence-corrected chi connectivity index (χ4v) is 5.59. The minimum Gasteiger partial charge on any atom is -0.486 e. The van der Waals surface area contributed by atoms with Crippen molar-refractivity contribution in [1.29, 1.82) is 0 Å². The topological polar surface area (TPSA) is 108 Å². The number of carbonyl (C=O) groups is 3. The zero-order valence-electron chi connectivity index (χ0n) is 23.0. The van der Waals surface area contributed by atoms with Gasteiger partial charge in [0.15, 0.2) is 0 Å². The Kier molecular flexibility index (Phi) is 10.8. The Balaban J connectivity index is 1.52. The Morgan fingerprint density at radius 1 is 1.05 bits per heavy atom. The number of benzene rings is 2. The molecule has 2 saturated heterocycles. The fraction of sp³-hybridized carbons (Fsp3) is 0.464. The van der Waals surface area contributed by atoms with Gasteiger partial charge in [-0.15, -0.1) is 0 Å². The molecule has 0 bridgehead atoms. The van der Waals surface area contributed by atoms with E-state index in [4.69, 9.17) is 32.7 Å². The summed E-state index contributed by atoms with van der Waals surface area (Å²) in [4.78, 5) is 39.4. The lowest BCUT2D eigenvalue weighted by Gasteiger charge is -2.34. The summed E-state index contributed by atoms with van der Waals surface area (Å²) in [5.41, 5.74) is 0.785. The first kappa shape index (κ1) is 33.5. The second kappa shape index (κ2) is 14.2. The molecule has 0 unspecified atom stereocenters. The first-order valence-electron chi connectivity index (χ1n) is 13.5. The Morgan fingerprint density at radius 3 is 2.30 bits per heavy atom. The van der Waals surface area contributed by atoms with Gasteiger partial charge in [0.25, 0.3) is 12.3 Å². The van der Waals surface area contributed by atoms with E-state index in [1.165, 1.54) is 17.0 Å². The van der Waals surface area contributed by atoms with Crippen LogP contribution in [0.15, 0.2) is 36.4 Å². The van der Waals surface area contributed by atoms with Gasteiger partial charge in [0.05, 0.1) is 24.0 Å². The molecule has 2 atom stereocenters. The number of piperidine rings is 1. The number of hydrogen-bond donors (Lipinski definition) is 2. The molecule has 0 radical (unpaired) electrons. The number of hydrogen-bond acceptors (Lipinski definition) is 7. The van der Waals surface area contributed by atoms with Crippen LogP contribution in [0.25, 0.3) is 0 Å². The number of aliphatic carboxylic acids is 1. The Morgan fingerprint density at radius 2 is 1.70 bits per heavy atom. The molecular formula is C28H28Cl2F5N3O6. The van der Waals surface area contributed by atoms with Crippen LogP contribution in [0.2, 0.25) is 10.0 Å². The molecule has 1 amide bonds. The molecule has 0 saturated carbocycles. The van der Waals surface area contributed by atoms with E-state index < -0.39 is 49.7 Å². The highest BCUT2D eigenvalue weighted by atomic mass is 35.5. The molecule has 0 aromatic heterocycles. The number of halogens is 7. The maximum absolute atomic E-state index is 13.1. The number of alkyl halides is 5. The van der Waals surface area contributed by atoms with Crippen molar-refractivity contribution >= 4 is 46.7 Å². The van der Waals surface area contributed by atoms with Gasteiger partial charge in [0.1, 0.15) is 18.5 Å². The molecule has 2 heterocycles. The zero-order chi connectivity index (χ0) is 32.2. The SMILES string of the molecule is O=C(O)Cc1cc(Cl)c(OCC(F)F)cc1N1C[C@H](NC2CCN(C(=O)c3ccc(Cl)cc3)CC2)[C@@H](OC(=O)C(F)(F)F)C1. The number of carbonyl (C=O) groups excluding carboxylic acids is 2. The summed E-state index contributed by atoms with van der Waals surface area (Å²) in [5, 5.41) is 13.0. The summed E-state index contributed by atoms with van der Waals surface area (Å²) in [7, 11) is 0. The second-order valence-electron chi connectivity index (χ2n) is 10.4. The molecule has 9 nitrogen and oxygen atoms in total. The van der Waals surface area contributed by atoms with E-state index in [1.54, 1.807) is 29.2 Å². The summed E-state index contributed by atoms with van der Waals surface area (Å²) in [6, 6.07) is 7.83. The molecule has 2 fully saturated rings. The highest BCUT2D eigenvalue weighted by Gasteiger charge is 2.46. The average Bonchev–Trinajstić information content (AvgIpc) is 3.33. The number of amides is 1. The monoisotopic (exact) mass is 667 g/mol. The summed E-state index contributed by atoms with van der Waals surface area (Å²) < 4.78 is 74.9. The van der Waals surface area contributed by atoms with Crippen LogP contribution in [0.5, 0.6) is 5.75 Å². The van der Waals surface area contributed by atoms with Crippen LogP contribution in [0.1, 0.15) is 28.8 Å². The Bertz CT molecular complexity index is 1360. The molecule has 2 N–H and O–H groups in total. The molecule has 2 aliphatic heterocycles. The van der Waals surface area contributed by atoms with E-state index in [-0.39, 0.29) is 47.1 Å². The van der Waals surface area contributed by atoms with Crippen molar-refractivity contribution in [2.24, 2.45) is 0 Å². The van der Waals surface area contributed by atoms with Crippen LogP contribution in [-0.4, -0.2) is 91.4 Å². The van der Waals surface area contributed by atoms with Gasteiger partial charge in [-0.25, -0.2) is 13.6 Å². The van der Waals surface area contributed by atoms with Gasteiger partial charge in [-0.2, -0.15) is 13.2 Å². The minimum atomic E-state index is -5.25. The van der Waals surface area contributed by atoms with E-state index in [1.807, 2.05) is 0 Å². The van der Waals surface area contributed by atoms with E-state index in [0.717, 1.165) is 0 Å². The van der Waals surface area contributed by atoms with Crippen LogP contribution < -0.4 is 15.0 Å². The maximum atomic E-state index is 13.1. The van der Waals surface area contributed by atoms with Crippen molar-refractivity contribution in [2.75, 3.05) is 37.7 Å². The van der Waals surface area contributed by atoms with Gasteiger partial charge >= 0.3 is 18.1 Å². The number of nitrogens with one attached hydrogen (secondary N) is 1. The minimum absolute atomic E-state index is 0.0255. The van der Waals surface area contributed by atoms with E-state index in [9.17, 15) is 41.4 Å². The summed E-state index contributed by atoms with van der Waals surface area (Å²) in [6.07, 6.45) is -9.02. The van der Waals surface area contributed by atoms with Crippen molar-refractivity contribution < 1.29 is 50.9 Å². The van der Waals surface area contributed by atoms with Crippen molar-refractivity contribution in [3.8, 4) is 5.75 Å². The zero-order valence-corrected chi connectivity index (χ0v) is 24.5. The summed E-state index contributed by atoms with van der Waals surface area (Å²) in [5.74, 6) is -3.99. The number of esters is 1. The Hall–Kier alpha value is -3.36. The van der Waals surface area contributed by atoms with Gasteiger partial charge in [0.2, 0.25) is 0 Å². The fourth-order valence-electron chi connectivity index (χ4n) is 5.23. The van der Waals surface area contributed by atoms with Crippen molar-refractivity contribution in [3.05, 3.63) is 57.6 Å². The molecular weight excluding hydrogens is 640 g/mol. The second-order valence-corrected chi connectivity index (χ2v) is 11.2. The molecule has 16 heteroatoms. The smallest absolute Gasteiger partial charge is 0.486 e. The number of carboxylic acid groups (broad SMARTS) is 1. The van der Waals surface area contributed by atoms with Crippen LogP contribution in [0, 0.1) is 0 Å². The maximum Gasteiger partial charge on any atom is 0.490 e. The van der Waals surface area contributed by atoms with Crippen LogP contribution >= 0.6 is 23.2 Å². The quantitative estimate of drug-likeness (QED) is 0.274. The van der Waals surface area contributed by atoms with Gasteiger partial charge < -0.3 is 29.7 Å². The molecule has 2 aliphatic rings. The van der Waals surface area contributed by atoms with E-state index in [2.05, 4.69) is 5.32 Å². The summed E-state index contributed by atoms with van der Waals surface area (Å²) in [6.45, 7) is -0.578. The van der Waals surface area contributed by atoms with Gasteiger partial charge in [-0.05, 0) is 48.7 Å². The third-order valence-corrected chi connectivity index (χ3v) is 7.81. The molecule has 0 spiro atoms. The highest BCUT2D eigenvalue weighted by Crippen LogP contribution is 2.36. The molecule has 44 heavy (non-hydrogen) atoms. The van der Waals surface area contributed by atoms with Crippen LogP contribution in [-0.2, 0) is 20.7 Å². The number of likely N-dealkylation sites (tertiary alicyclic amines) is 1. The predicted octanol–water partition coefficient (Wildman–Crippen LogP) is 4.82. The van der Waals surface area contributed by atoms with Crippen molar-refractivity contribution in [3.63, 3.8) is 0 Å². The number of rotatable bonds is 10. The van der Waals surface area contributed by atoms with E-state index in [0.29, 0.717) is 36.5 Å². The van der Waals surface area contributed by atoms with E-state index >= 15 is 0 Å². The number of ether oxygens (including phenoxy) is 2. The molecule has 4 rings (SSSR count). The average molecular weight is 668 g/mol. The lowest BCUT2D eigenvalue weighted by atomic mass is 10.0. The molecule has 0 aliphatic carbocycles. The van der Waals surface area contributed by atoms with Crippen LogP contribution in [0.4, 0.5) is 27.6 Å². The standard InChI is InChI=1S/C28H28Cl2F5N3O6/c29-17-3-1-15(2-4-17)26(41)37-7-5-18(6-8-37)36-20-12-38(13-23(20)44-27(42)28(33,34)35)21-11-22(43-14-24(31)32)19(30)9-16(21)10-25(39)40/h1-4,9,11,18,20,23-24,36H,5-8,10,12-14H2,(H,39,40)/t20-,23-/m0/s1. The number of anilines is 1. The molecule has 2 aromatic carbocycles. The van der Waals surface area contributed by atoms with Gasteiger partial charge in [-0.3, -0.25) is 9.59 Å². The first-order chi connectivity index (χ1) is 20.7. The predicted molar refractivity (Wildman–Crippen MR) is 150 cm³/mol. The number of nitrogens with zero attached hydrogens (tertiary/aromatic N) is 2. The normalized spacial score (nSPS) is 19.4. The third kappa shape index (κ3) is 8.63. The lowest BCUT2D eigenvalue weighted by Crippen LogP contribution is -2.52. The third-order valence-electron chi connectivity index (χ3n) is 7.26. The van der Waals surface area contributed by atoms with Crippen LogP contribution in [0.3, 0.4) is 0 Å². The van der Waals surface area contributed by atoms with Crippen molar-refractivity contribution in [2.45, 2.75) is 50.1 Å². The largest absolute Gasteiger partial charge is 0.490 e. The van der Waals surface area contributed by atoms with Crippen molar-refractivity contribution in [1.82, 2.24) is 10.2 Å². The Labute approximate surface area is 258 Å². The first-order valence-corrected chi connectivity index (χ1v) is 14.3. The summed E-state index contributed by atoms with van der Waals surface area (Å²) >= 11 is 12.0. The highest BCUT2D eigenvalue weighted by molar-refractivity contribution is 6.32. The van der Waals surface area contributed by atoms with Gasteiger partial charge in [0, 0.05) is 48.0 Å². The molecule has 2 aromatic rings.